The molecule has 2 rings (SSSR count). The van der Waals surface area contributed by atoms with Gasteiger partial charge in [0.1, 0.15) is 18.5 Å². The van der Waals surface area contributed by atoms with E-state index in [1.54, 1.807) is 0 Å². The van der Waals surface area contributed by atoms with E-state index in [2.05, 4.69) is 24.8 Å². The lowest BCUT2D eigenvalue weighted by Gasteiger charge is -2.32. The molecular formula is C16H26N2O2. The molecule has 2 N–H and O–H groups in total. The summed E-state index contributed by atoms with van der Waals surface area (Å²) in [5, 5.41) is 0. The number of nitrogens with zero attached hydrogens (tertiary/aromatic N) is 1. The van der Waals surface area contributed by atoms with Crippen LogP contribution in [0.15, 0.2) is 18.2 Å². The van der Waals surface area contributed by atoms with Crippen molar-refractivity contribution in [1.29, 1.82) is 0 Å². The van der Waals surface area contributed by atoms with Gasteiger partial charge in [-0.3, -0.25) is 4.90 Å². The lowest BCUT2D eigenvalue weighted by atomic mass is 10.1. The number of rotatable bonds is 5. The lowest BCUT2D eigenvalue weighted by Crippen LogP contribution is -2.44. The van der Waals surface area contributed by atoms with Gasteiger partial charge in [0.25, 0.3) is 0 Å². The number of aryl methyl sites for hydroxylation is 1. The second-order valence-corrected chi connectivity index (χ2v) is 5.51. The van der Waals surface area contributed by atoms with Gasteiger partial charge in [0.15, 0.2) is 0 Å². The highest BCUT2D eigenvalue weighted by molar-refractivity contribution is 5.37. The molecule has 4 nitrogen and oxygen atoms in total. The molecule has 0 saturated carbocycles. The lowest BCUT2D eigenvalue weighted by molar-refractivity contribution is -0.0464. The van der Waals surface area contributed by atoms with Crippen molar-refractivity contribution in [2.45, 2.75) is 32.9 Å². The third-order valence-corrected chi connectivity index (χ3v) is 3.82. The number of hydrogen-bond acceptors (Lipinski definition) is 4. The van der Waals surface area contributed by atoms with E-state index in [4.69, 9.17) is 15.2 Å². The van der Waals surface area contributed by atoms with Gasteiger partial charge in [-0.1, -0.05) is 19.1 Å². The van der Waals surface area contributed by atoms with Crippen molar-refractivity contribution >= 4 is 0 Å². The van der Waals surface area contributed by atoms with Crippen molar-refractivity contribution in [3.63, 3.8) is 0 Å². The maximum absolute atomic E-state index is 5.91. The summed E-state index contributed by atoms with van der Waals surface area (Å²) in [6.07, 6.45) is 0.163. The molecule has 4 heteroatoms. The maximum Gasteiger partial charge on any atom is 0.122 e. The van der Waals surface area contributed by atoms with Crippen molar-refractivity contribution < 1.29 is 9.47 Å². The molecule has 0 amide bonds. The van der Waals surface area contributed by atoms with E-state index in [9.17, 15) is 0 Å². The van der Waals surface area contributed by atoms with E-state index in [0.29, 0.717) is 6.61 Å². The van der Waals surface area contributed by atoms with Crippen molar-refractivity contribution in [3.8, 4) is 5.75 Å². The molecule has 1 unspecified atom stereocenters. The van der Waals surface area contributed by atoms with Crippen LogP contribution in [0.5, 0.6) is 5.75 Å². The Kier molecular flexibility index (Phi) is 5.40. The van der Waals surface area contributed by atoms with E-state index in [1.807, 2.05) is 19.1 Å². The van der Waals surface area contributed by atoms with Gasteiger partial charge in [-0.2, -0.15) is 0 Å². The summed E-state index contributed by atoms with van der Waals surface area (Å²) in [4.78, 5) is 2.39. The average molecular weight is 278 g/mol. The maximum atomic E-state index is 5.91. The minimum atomic E-state index is 0.0579. The second-order valence-electron chi connectivity index (χ2n) is 5.51. The van der Waals surface area contributed by atoms with Gasteiger partial charge in [0.05, 0.1) is 6.61 Å². The fourth-order valence-corrected chi connectivity index (χ4v) is 2.47. The molecule has 1 saturated heterocycles. The molecular weight excluding hydrogens is 252 g/mol. The standard InChI is InChI=1S/C16H26N2O2/c1-4-18-7-8-19-15(10-18)11-20-16-6-5-14(13(3)17)9-12(16)2/h5-6,9,13,15H,4,7-8,10-11,17H2,1-3H3/t13-,15?/m0/s1. The van der Waals surface area contributed by atoms with Crippen LogP contribution >= 0.6 is 0 Å². The third-order valence-electron chi connectivity index (χ3n) is 3.82. The van der Waals surface area contributed by atoms with Gasteiger partial charge in [-0.15, -0.1) is 0 Å². The van der Waals surface area contributed by atoms with Gasteiger partial charge in [0.2, 0.25) is 0 Å². The Balaban J connectivity index is 1.90. The van der Waals surface area contributed by atoms with Crippen molar-refractivity contribution in [1.82, 2.24) is 4.90 Å². The number of likely N-dealkylation sites (N-methyl/N-ethyl adjacent to an activating group) is 1. The number of nitrogens with two attached hydrogens (primary N) is 1. The number of benzene rings is 1. The molecule has 20 heavy (non-hydrogen) atoms. The Hall–Kier alpha value is -1.10. The Morgan fingerprint density at radius 2 is 2.30 bits per heavy atom. The highest BCUT2D eigenvalue weighted by Crippen LogP contribution is 2.22. The first-order valence-corrected chi connectivity index (χ1v) is 7.43. The topological polar surface area (TPSA) is 47.7 Å². The Bertz CT molecular complexity index is 434. The molecule has 0 bridgehead atoms. The van der Waals surface area contributed by atoms with Gasteiger partial charge < -0.3 is 15.2 Å². The second kappa shape index (κ2) is 7.07. The van der Waals surface area contributed by atoms with E-state index in [0.717, 1.165) is 43.1 Å². The molecule has 0 aromatic heterocycles. The molecule has 0 radical (unpaired) electrons. The minimum absolute atomic E-state index is 0.0579. The van der Waals surface area contributed by atoms with Crippen LogP contribution in [0.3, 0.4) is 0 Å². The fraction of sp³-hybridized carbons (Fsp3) is 0.625. The van der Waals surface area contributed by atoms with E-state index in [1.165, 1.54) is 0 Å². The smallest absolute Gasteiger partial charge is 0.122 e. The Labute approximate surface area is 121 Å². The van der Waals surface area contributed by atoms with Gasteiger partial charge >= 0.3 is 0 Å². The summed E-state index contributed by atoms with van der Waals surface area (Å²) < 4.78 is 11.7. The summed E-state index contributed by atoms with van der Waals surface area (Å²) in [7, 11) is 0. The number of hydrogen-bond donors (Lipinski definition) is 1. The van der Waals surface area contributed by atoms with Crippen LogP contribution in [0.2, 0.25) is 0 Å². The minimum Gasteiger partial charge on any atom is -0.491 e. The zero-order valence-corrected chi connectivity index (χ0v) is 12.8. The predicted molar refractivity (Wildman–Crippen MR) is 81.1 cm³/mol. The largest absolute Gasteiger partial charge is 0.491 e. The normalized spacial score (nSPS) is 21.7. The molecule has 1 aliphatic rings. The highest BCUT2D eigenvalue weighted by atomic mass is 16.5. The molecule has 1 aliphatic heterocycles. The van der Waals surface area contributed by atoms with Crippen LogP contribution in [0.25, 0.3) is 0 Å². The van der Waals surface area contributed by atoms with Crippen molar-refractivity contribution in [2.24, 2.45) is 5.73 Å². The van der Waals surface area contributed by atoms with E-state index < -0.39 is 0 Å². The SMILES string of the molecule is CCN1CCOC(COc2ccc([C@H](C)N)cc2C)C1. The first kappa shape index (κ1) is 15.3. The Morgan fingerprint density at radius 1 is 1.50 bits per heavy atom. The summed E-state index contributed by atoms with van der Waals surface area (Å²) in [6, 6.07) is 6.20. The third kappa shape index (κ3) is 3.95. The van der Waals surface area contributed by atoms with Gasteiger partial charge in [0, 0.05) is 19.1 Å². The number of morpholine rings is 1. The Morgan fingerprint density at radius 3 is 2.95 bits per heavy atom. The van der Waals surface area contributed by atoms with Crippen LogP contribution in [-0.2, 0) is 4.74 Å². The van der Waals surface area contributed by atoms with Crippen LogP contribution in [-0.4, -0.2) is 43.9 Å². The van der Waals surface area contributed by atoms with Gasteiger partial charge in [-0.05, 0) is 37.6 Å². The molecule has 1 aromatic carbocycles. The molecule has 1 fully saturated rings. The summed E-state index contributed by atoms with van der Waals surface area (Å²) in [5.74, 6) is 0.923. The monoisotopic (exact) mass is 278 g/mol. The van der Waals surface area contributed by atoms with Crippen LogP contribution in [0.1, 0.15) is 31.0 Å². The highest BCUT2D eigenvalue weighted by Gasteiger charge is 2.20. The first-order chi connectivity index (χ1) is 9.60. The zero-order valence-electron chi connectivity index (χ0n) is 12.8. The number of ether oxygens (including phenoxy) is 2. The molecule has 0 aliphatic carbocycles. The van der Waals surface area contributed by atoms with Crippen molar-refractivity contribution in [3.05, 3.63) is 29.3 Å². The van der Waals surface area contributed by atoms with E-state index >= 15 is 0 Å². The van der Waals surface area contributed by atoms with E-state index in [-0.39, 0.29) is 12.1 Å². The summed E-state index contributed by atoms with van der Waals surface area (Å²) in [5.41, 5.74) is 8.16. The van der Waals surface area contributed by atoms with Crippen LogP contribution in [0, 0.1) is 6.92 Å². The first-order valence-electron chi connectivity index (χ1n) is 7.43. The van der Waals surface area contributed by atoms with Crippen molar-refractivity contribution in [2.75, 3.05) is 32.8 Å². The summed E-state index contributed by atoms with van der Waals surface area (Å²) >= 11 is 0. The van der Waals surface area contributed by atoms with Gasteiger partial charge in [-0.25, -0.2) is 0 Å². The molecule has 112 valence electrons. The molecule has 1 aromatic rings. The predicted octanol–water partition coefficient (Wildman–Crippen LogP) is 2.11. The average Bonchev–Trinajstić information content (AvgIpc) is 2.46. The molecule has 1 heterocycles. The summed E-state index contributed by atoms with van der Waals surface area (Å²) in [6.45, 7) is 10.7. The molecule has 2 atom stereocenters. The molecule has 0 spiro atoms. The van der Waals surface area contributed by atoms with Crippen LogP contribution in [0.4, 0.5) is 0 Å². The fourth-order valence-electron chi connectivity index (χ4n) is 2.47. The zero-order chi connectivity index (χ0) is 14.5. The quantitative estimate of drug-likeness (QED) is 0.896. The van der Waals surface area contributed by atoms with Crippen LogP contribution < -0.4 is 10.5 Å².